The molecule has 2 aliphatic rings. The van der Waals surface area contributed by atoms with Gasteiger partial charge in [0.2, 0.25) is 10.0 Å². The van der Waals surface area contributed by atoms with E-state index in [1.54, 1.807) is 48.5 Å². The van der Waals surface area contributed by atoms with Crippen molar-refractivity contribution in [2.24, 2.45) is 0 Å². The number of aryl methyl sites for hydroxylation is 1. The first kappa shape index (κ1) is 44.6. The summed E-state index contributed by atoms with van der Waals surface area (Å²) in [7, 11) is -4.48. The molecule has 4 rings (SSSR count). The number of carbonyl (C=O) groups is 3. The first-order chi connectivity index (χ1) is 26.0. The number of rotatable bonds is 21. The number of nitrogens with zero attached hydrogens (tertiary/aromatic N) is 3. The molecule has 2 aromatic carbocycles. The molecule has 0 fully saturated rings. The smallest absolute Gasteiger partial charge is 0.307 e. The summed E-state index contributed by atoms with van der Waals surface area (Å²) in [6.07, 6.45) is 12.1. The van der Waals surface area contributed by atoms with E-state index < -0.39 is 18.3 Å². The van der Waals surface area contributed by atoms with Crippen molar-refractivity contribution in [2.75, 3.05) is 33.3 Å². The quantitative estimate of drug-likeness (QED) is 0.0407. The molecular weight excluding hydrogens is 731 g/mol. The highest BCUT2D eigenvalue weighted by Gasteiger charge is 2.40. The predicted molar refractivity (Wildman–Crippen MR) is 221 cm³/mol. The second-order valence-electron chi connectivity index (χ2n) is 16.7. The van der Waals surface area contributed by atoms with Crippen molar-refractivity contribution >= 4 is 36.1 Å². The molecule has 304 valence electrons. The number of carbonyl (C=O) groups excluding carboxylic acids is 3. The number of hydrogen-bond acceptors (Lipinski definition) is 8. The molecule has 0 N–H and O–H groups in total. The zero-order valence-electron chi connectivity index (χ0n) is 34.5. The molecule has 3 unspecified atom stereocenters. The zero-order valence-corrected chi connectivity index (χ0v) is 36.3. The van der Waals surface area contributed by atoms with Gasteiger partial charge < -0.3 is 9.16 Å². The lowest BCUT2D eigenvalue weighted by Crippen LogP contribution is -2.50. The highest BCUT2D eigenvalue weighted by atomic mass is 32.2. The van der Waals surface area contributed by atoms with Gasteiger partial charge >= 0.3 is 5.97 Å². The Morgan fingerprint density at radius 2 is 1.56 bits per heavy atom. The summed E-state index contributed by atoms with van der Waals surface area (Å²) in [6.45, 7) is 16.9. The second-order valence-corrected chi connectivity index (χ2v) is 23.4. The molecule has 2 heterocycles. The van der Waals surface area contributed by atoms with Gasteiger partial charge in [-0.2, -0.15) is 4.31 Å². The summed E-state index contributed by atoms with van der Waals surface area (Å²) in [4.78, 5) is 42.4. The van der Waals surface area contributed by atoms with Gasteiger partial charge in [0, 0.05) is 44.4 Å². The minimum absolute atomic E-state index is 0.0293. The van der Waals surface area contributed by atoms with E-state index in [2.05, 4.69) is 57.8 Å². The van der Waals surface area contributed by atoms with Gasteiger partial charge in [0.15, 0.2) is 8.32 Å². The third-order valence-corrected chi connectivity index (χ3v) is 18.0. The van der Waals surface area contributed by atoms with Crippen LogP contribution in [0.1, 0.15) is 118 Å². The molecule has 2 aliphatic heterocycles. The average Bonchev–Trinajstić information content (AvgIpc) is 3.37. The molecule has 55 heavy (non-hydrogen) atoms. The Labute approximate surface area is 331 Å². The largest absolute Gasteiger partial charge is 0.469 e. The van der Waals surface area contributed by atoms with Crippen LogP contribution in [0, 0.1) is 6.92 Å². The van der Waals surface area contributed by atoms with Crippen molar-refractivity contribution in [1.82, 2.24) is 14.1 Å². The number of methoxy groups -OCH3 is 1. The molecule has 0 spiro atoms. The first-order valence-corrected chi connectivity index (χ1v) is 24.5. The second kappa shape index (κ2) is 19.8. The molecule has 12 heteroatoms. The van der Waals surface area contributed by atoms with E-state index in [1.165, 1.54) is 16.3 Å². The fourth-order valence-electron chi connectivity index (χ4n) is 7.30. The first-order valence-electron chi connectivity index (χ1n) is 20.2. The van der Waals surface area contributed by atoms with Crippen LogP contribution in [-0.2, 0) is 24.0 Å². The third kappa shape index (κ3) is 11.7. The molecule has 3 atom stereocenters. The fourth-order valence-corrected chi connectivity index (χ4v) is 10.2. The molecular formula is C43H65N3O7SSi. The molecule has 0 saturated carbocycles. The molecule has 0 bridgehead atoms. The maximum Gasteiger partial charge on any atom is 0.307 e. The summed E-state index contributed by atoms with van der Waals surface area (Å²) >= 11 is 0. The van der Waals surface area contributed by atoms with Crippen LogP contribution < -0.4 is 0 Å². The van der Waals surface area contributed by atoms with Crippen LogP contribution in [0.25, 0.3) is 0 Å². The Morgan fingerprint density at radius 1 is 0.927 bits per heavy atom. The molecule has 2 aromatic rings. The number of amides is 2. The number of unbranched alkanes of at least 4 members (excludes halogenated alkanes) is 3. The zero-order chi connectivity index (χ0) is 40.4. The van der Waals surface area contributed by atoms with Crippen LogP contribution >= 0.6 is 0 Å². The Balaban J connectivity index is 1.51. The fraction of sp³-hybridized carbons (Fsp3) is 0.605. The minimum atomic E-state index is -3.84. The van der Waals surface area contributed by atoms with E-state index in [1.807, 2.05) is 6.92 Å². The predicted octanol–water partition coefficient (Wildman–Crippen LogP) is 8.38. The maximum atomic E-state index is 14.1. The molecule has 0 saturated heterocycles. The average molecular weight is 796 g/mol. The van der Waals surface area contributed by atoms with Crippen LogP contribution in [0.15, 0.2) is 65.6 Å². The normalized spacial score (nSPS) is 18.6. The summed E-state index contributed by atoms with van der Waals surface area (Å²) in [5, 5.41) is 0.0719. The van der Waals surface area contributed by atoms with Gasteiger partial charge in [-0.05, 0) is 87.8 Å². The van der Waals surface area contributed by atoms with Gasteiger partial charge in [-0.15, -0.1) is 0 Å². The van der Waals surface area contributed by atoms with Crippen molar-refractivity contribution < 1.29 is 32.0 Å². The van der Waals surface area contributed by atoms with Crippen LogP contribution in [0.2, 0.25) is 18.1 Å². The van der Waals surface area contributed by atoms with E-state index in [0.29, 0.717) is 43.4 Å². The highest BCUT2D eigenvalue weighted by Crippen LogP contribution is 2.39. The number of esters is 1. The molecule has 0 aromatic heterocycles. The lowest BCUT2D eigenvalue weighted by atomic mass is 9.94. The van der Waals surface area contributed by atoms with Crippen LogP contribution in [0.4, 0.5) is 0 Å². The lowest BCUT2D eigenvalue weighted by molar-refractivity contribution is -0.142. The highest BCUT2D eigenvalue weighted by molar-refractivity contribution is 7.89. The topological polar surface area (TPSA) is 114 Å². The number of sulfonamides is 1. The van der Waals surface area contributed by atoms with Crippen LogP contribution in [-0.4, -0.2) is 100 Å². The van der Waals surface area contributed by atoms with Crippen molar-refractivity contribution in [2.45, 2.75) is 140 Å². The van der Waals surface area contributed by atoms with Crippen LogP contribution in [0.5, 0.6) is 0 Å². The standard InChI is InChI=1S/C43H65N3O7SSi/c1-9-10-11-20-36(53-55(7,8)43(3,4)5)31-34-18-16-19-35(32-40(47)52-6)45(34)30-17-28-44(54(50,51)37-25-23-33(2)24-26-37)27-14-15-29-46-41(48)38-21-12-13-22-39(38)42(46)49/h12-13,16,18,21-26,34-36H,9-11,14-15,17,19-20,27-32H2,1-8H3. The number of benzene rings is 2. The summed E-state index contributed by atoms with van der Waals surface area (Å²) < 4.78 is 42.0. The van der Waals surface area contributed by atoms with Gasteiger partial charge in [-0.1, -0.05) is 88.9 Å². The summed E-state index contributed by atoms with van der Waals surface area (Å²) in [6, 6.07) is 13.7. The molecule has 0 aliphatic carbocycles. The Bertz CT molecular complexity index is 1700. The SMILES string of the molecule is CCCCCC(CC1C=CCC(CC(=O)OC)N1CCCN(CCCCN1C(=O)c2ccccc2C1=O)S(=O)(=O)c1ccc(C)cc1)O[Si](C)(C)C(C)(C)C. The lowest BCUT2D eigenvalue weighted by Gasteiger charge is -2.43. The van der Waals surface area contributed by atoms with E-state index >= 15 is 0 Å². The Kier molecular flexibility index (Phi) is 16.0. The van der Waals surface area contributed by atoms with Crippen molar-refractivity contribution in [1.29, 1.82) is 0 Å². The van der Waals surface area contributed by atoms with E-state index in [0.717, 1.165) is 37.7 Å². The van der Waals surface area contributed by atoms with Gasteiger partial charge in [0.25, 0.3) is 11.8 Å². The number of ether oxygens (including phenoxy) is 1. The third-order valence-electron chi connectivity index (χ3n) is 11.6. The molecule has 10 nitrogen and oxygen atoms in total. The molecule has 0 radical (unpaired) electrons. The van der Waals surface area contributed by atoms with Gasteiger partial charge in [-0.3, -0.25) is 24.2 Å². The van der Waals surface area contributed by atoms with Crippen molar-refractivity contribution in [3.05, 3.63) is 77.4 Å². The van der Waals surface area contributed by atoms with Gasteiger partial charge in [0.1, 0.15) is 0 Å². The van der Waals surface area contributed by atoms with E-state index in [-0.39, 0.29) is 72.0 Å². The van der Waals surface area contributed by atoms with Gasteiger partial charge in [0.05, 0.1) is 29.6 Å². The summed E-state index contributed by atoms with van der Waals surface area (Å²) in [5.41, 5.74) is 1.79. The monoisotopic (exact) mass is 795 g/mol. The minimum Gasteiger partial charge on any atom is -0.469 e. The van der Waals surface area contributed by atoms with E-state index in [9.17, 15) is 22.8 Å². The number of fused-ring (bicyclic) bond motifs is 1. The van der Waals surface area contributed by atoms with Crippen molar-refractivity contribution in [3.63, 3.8) is 0 Å². The number of imide groups is 1. The Morgan fingerprint density at radius 3 is 2.16 bits per heavy atom. The Hall–Kier alpha value is -3.16. The molecule has 2 amide bonds. The number of hydrogen-bond donors (Lipinski definition) is 0. The van der Waals surface area contributed by atoms with E-state index in [4.69, 9.17) is 9.16 Å². The van der Waals surface area contributed by atoms with Crippen LogP contribution in [0.3, 0.4) is 0 Å². The summed E-state index contributed by atoms with van der Waals surface area (Å²) in [5.74, 6) is -0.875. The van der Waals surface area contributed by atoms with Crippen molar-refractivity contribution in [3.8, 4) is 0 Å². The van der Waals surface area contributed by atoms with Gasteiger partial charge in [-0.25, -0.2) is 8.42 Å². The maximum absolute atomic E-state index is 14.1.